The van der Waals surface area contributed by atoms with E-state index in [0.29, 0.717) is 17.5 Å². The summed E-state index contributed by atoms with van der Waals surface area (Å²) in [5, 5.41) is 7.13. The highest BCUT2D eigenvalue weighted by Gasteiger charge is 2.13. The number of thiazole rings is 1. The van der Waals surface area contributed by atoms with E-state index < -0.39 is 6.04 Å². The molecule has 0 unspecified atom stereocenters. The van der Waals surface area contributed by atoms with Crippen LogP contribution in [0.25, 0.3) is 10.3 Å². The first-order chi connectivity index (χ1) is 16.4. The van der Waals surface area contributed by atoms with E-state index in [0.717, 1.165) is 27.4 Å². The summed E-state index contributed by atoms with van der Waals surface area (Å²) in [7, 11) is 3.41. The van der Waals surface area contributed by atoms with Crippen LogP contribution in [0.15, 0.2) is 54.7 Å². The second-order valence-corrected chi connectivity index (χ2v) is 8.83. The molecule has 4 rings (SSSR count). The van der Waals surface area contributed by atoms with Gasteiger partial charge in [0.1, 0.15) is 22.0 Å². The van der Waals surface area contributed by atoms with Crippen LogP contribution >= 0.6 is 11.3 Å². The number of pyridine rings is 2. The van der Waals surface area contributed by atoms with Gasteiger partial charge < -0.3 is 15.5 Å². The number of nitrogens with one attached hydrogen (secondary N) is 3. The predicted octanol–water partition coefficient (Wildman–Crippen LogP) is 4.06. The molecule has 4 aromatic rings. The number of benzene rings is 1. The number of hydrogen-bond acceptors (Lipinski definition) is 9. The van der Waals surface area contributed by atoms with Gasteiger partial charge in [-0.25, -0.2) is 20.4 Å². The van der Waals surface area contributed by atoms with E-state index in [1.165, 1.54) is 24.0 Å². The van der Waals surface area contributed by atoms with E-state index in [9.17, 15) is 4.79 Å². The zero-order chi connectivity index (χ0) is 24.1. The van der Waals surface area contributed by atoms with E-state index in [4.69, 9.17) is 4.98 Å². The van der Waals surface area contributed by atoms with Crippen molar-refractivity contribution in [1.82, 2.24) is 25.7 Å². The van der Waals surface area contributed by atoms with Crippen LogP contribution in [-0.2, 0) is 16.2 Å². The summed E-state index contributed by atoms with van der Waals surface area (Å²) in [6.07, 6.45) is 1.72. The molecule has 0 bridgehead atoms. The van der Waals surface area contributed by atoms with Crippen molar-refractivity contribution in [2.45, 2.75) is 26.4 Å². The van der Waals surface area contributed by atoms with Gasteiger partial charge in [0.2, 0.25) is 0 Å². The monoisotopic (exact) mass is 477 g/mol. The Morgan fingerprint density at radius 1 is 1.15 bits per heavy atom. The predicted molar refractivity (Wildman–Crippen MR) is 136 cm³/mol. The largest absolute Gasteiger partial charge is 0.329 e. The quantitative estimate of drug-likeness (QED) is 0.310. The molecule has 3 heterocycles. The van der Waals surface area contributed by atoms with Crippen LogP contribution in [0.5, 0.6) is 0 Å². The average Bonchev–Trinajstić information content (AvgIpc) is 3.24. The number of aromatic nitrogens is 3. The van der Waals surface area contributed by atoms with E-state index in [2.05, 4.69) is 67.0 Å². The van der Waals surface area contributed by atoms with E-state index >= 15 is 0 Å². The van der Waals surface area contributed by atoms with Gasteiger partial charge in [-0.05, 0) is 55.8 Å². The molecule has 0 aliphatic rings. The summed E-state index contributed by atoms with van der Waals surface area (Å²) in [4.78, 5) is 33.2. The van der Waals surface area contributed by atoms with E-state index in [1.807, 2.05) is 31.3 Å². The maximum Gasteiger partial charge on any atom is 0.260 e. The maximum atomic E-state index is 11.8. The fraction of sp³-hybridized carbons (Fsp3) is 0.250. The third-order valence-electron chi connectivity index (χ3n) is 5.27. The molecule has 0 spiro atoms. The number of aryl methyl sites for hydroxylation is 1. The van der Waals surface area contributed by atoms with Gasteiger partial charge in [0.05, 0.1) is 13.2 Å². The topological polar surface area (TPSA) is 104 Å². The third-order valence-corrected chi connectivity index (χ3v) is 6.15. The molecular formula is C24H27N7O2S. The van der Waals surface area contributed by atoms with Gasteiger partial charge >= 0.3 is 0 Å². The fourth-order valence-electron chi connectivity index (χ4n) is 3.26. The Morgan fingerprint density at radius 3 is 2.71 bits per heavy atom. The lowest BCUT2D eigenvalue weighted by Gasteiger charge is -2.18. The van der Waals surface area contributed by atoms with Gasteiger partial charge in [0, 0.05) is 25.5 Å². The number of hydrogen-bond donors (Lipinski definition) is 3. The Labute approximate surface area is 202 Å². The van der Waals surface area contributed by atoms with Crippen LogP contribution in [0, 0.1) is 6.92 Å². The molecule has 1 aromatic carbocycles. The van der Waals surface area contributed by atoms with Crippen molar-refractivity contribution in [2.24, 2.45) is 0 Å². The Balaban J connectivity index is 1.45. The molecule has 0 radical (unpaired) electrons. The molecule has 34 heavy (non-hydrogen) atoms. The van der Waals surface area contributed by atoms with Crippen molar-refractivity contribution in [3.63, 3.8) is 0 Å². The smallest absolute Gasteiger partial charge is 0.260 e. The first-order valence-corrected chi connectivity index (χ1v) is 11.6. The second kappa shape index (κ2) is 10.6. The molecule has 1 atom stereocenters. The van der Waals surface area contributed by atoms with Crippen molar-refractivity contribution < 1.29 is 9.63 Å². The van der Waals surface area contributed by atoms with Gasteiger partial charge in [0.25, 0.3) is 5.91 Å². The second-order valence-electron chi connectivity index (χ2n) is 7.85. The van der Waals surface area contributed by atoms with Crippen LogP contribution in [0.3, 0.4) is 0 Å². The van der Waals surface area contributed by atoms with Gasteiger partial charge in [-0.3, -0.25) is 9.63 Å². The highest BCUT2D eigenvalue weighted by atomic mass is 32.1. The maximum absolute atomic E-state index is 11.8. The summed E-state index contributed by atoms with van der Waals surface area (Å²) >= 11 is 1.47. The first kappa shape index (κ1) is 23.6. The SMILES string of the molecule is CONC(=O)[C@@H](C)NCc1ccnc(Nc2nc3ccc(N(C)c4ccc(C)cc4)nc3s2)c1. The molecular weight excluding hydrogens is 450 g/mol. The first-order valence-electron chi connectivity index (χ1n) is 10.8. The van der Waals surface area contributed by atoms with E-state index in [-0.39, 0.29) is 5.91 Å². The number of amides is 1. The van der Waals surface area contributed by atoms with Gasteiger partial charge in [0.15, 0.2) is 5.13 Å². The van der Waals surface area contributed by atoms with Crippen LogP contribution in [0.2, 0.25) is 0 Å². The lowest BCUT2D eigenvalue weighted by molar-refractivity contribution is -0.133. The Bertz CT molecular complexity index is 1280. The van der Waals surface area contributed by atoms with Crippen molar-refractivity contribution in [2.75, 3.05) is 24.4 Å². The molecule has 9 nitrogen and oxygen atoms in total. The van der Waals surface area contributed by atoms with Crippen molar-refractivity contribution in [3.8, 4) is 0 Å². The number of rotatable bonds is 9. The molecule has 0 saturated carbocycles. The molecule has 0 fully saturated rings. The summed E-state index contributed by atoms with van der Waals surface area (Å²) in [5.41, 5.74) is 6.42. The zero-order valence-corrected chi connectivity index (χ0v) is 20.3. The Hall–Kier alpha value is -3.60. The van der Waals surface area contributed by atoms with Crippen molar-refractivity contribution in [1.29, 1.82) is 0 Å². The summed E-state index contributed by atoms with van der Waals surface area (Å²) < 4.78 is 0. The fourth-order valence-corrected chi connectivity index (χ4v) is 4.10. The molecule has 0 saturated heterocycles. The zero-order valence-electron chi connectivity index (χ0n) is 19.5. The number of anilines is 4. The lowest BCUT2D eigenvalue weighted by atomic mass is 10.2. The van der Waals surface area contributed by atoms with Gasteiger partial charge in [-0.1, -0.05) is 29.0 Å². The summed E-state index contributed by atoms with van der Waals surface area (Å²) in [6, 6.07) is 15.7. The molecule has 0 aliphatic carbocycles. The molecule has 10 heteroatoms. The normalized spacial score (nSPS) is 11.9. The van der Waals surface area contributed by atoms with Crippen molar-refractivity contribution >= 4 is 50.0 Å². The molecule has 176 valence electrons. The lowest BCUT2D eigenvalue weighted by Crippen LogP contribution is -2.41. The number of fused-ring (bicyclic) bond motifs is 1. The Morgan fingerprint density at radius 2 is 1.94 bits per heavy atom. The van der Waals surface area contributed by atoms with Crippen LogP contribution in [-0.4, -0.2) is 41.1 Å². The molecule has 3 N–H and O–H groups in total. The number of carbonyl (C=O) groups excluding carboxylic acids is 1. The number of carbonyl (C=O) groups is 1. The van der Waals surface area contributed by atoms with Gasteiger partial charge in [-0.15, -0.1) is 0 Å². The van der Waals surface area contributed by atoms with Crippen LogP contribution < -0.4 is 21.0 Å². The highest BCUT2D eigenvalue weighted by Crippen LogP contribution is 2.30. The standard InChI is InChI=1S/C24H27N7O2S/c1-15-5-7-18(8-6-15)31(3)21-10-9-19-23(29-21)34-24(27-19)28-20-13-17(11-12-25-20)14-26-16(2)22(32)30-33-4/h5-13,16,26H,14H2,1-4H3,(H,30,32)(H,25,27,28)/t16-/m1/s1. The molecule has 0 aliphatic heterocycles. The Kier molecular flexibility index (Phi) is 7.31. The average molecular weight is 478 g/mol. The highest BCUT2D eigenvalue weighted by molar-refractivity contribution is 7.21. The third kappa shape index (κ3) is 5.66. The molecule has 1 amide bonds. The van der Waals surface area contributed by atoms with Crippen LogP contribution in [0.1, 0.15) is 18.1 Å². The minimum Gasteiger partial charge on any atom is -0.329 e. The van der Waals surface area contributed by atoms with E-state index in [1.54, 1.807) is 13.1 Å². The minimum absolute atomic E-state index is 0.232. The van der Waals surface area contributed by atoms with Crippen LogP contribution in [0.4, 0.5) is 22.5 Å². The number of nitrogens with zero attached hydrogens (tertiary/aromatic N) is 4. The summed E-state index contributed by atoms with van der Waals surface area (Å²) in [6.45, 7) is 4.35. The minimum atomic E-state index is -0.396. The van der Waals surface area contributed by atoms with Gasteiger partial charge in [-0.2, -0.15) is 0 Å². The molecule has 3 aromatic heterocycles. The number of hydroxylamine groups is 1. The van der Waals surface area contributed by atoms with Crippen molar-refractivity contribution in [3.05, 3.63) is 65.9 Å². The summed E-state index contributed by atoms with van der Waals surface area (Å²) in [5.74, 6) is 1.29.